The fraction of sp³-hybridized carbons (Fsp3) is 0.231. The van der Waals surface area contributed by atoms with Crippen LogP contribution in [0, 0.1) is 5.92 Å². The number of aromatic amines is 1. The van der Waals surface area contributed by atoms with E-state index < -0.39 is 17.9 Å². The molecule has 20 heavy (non-hydrogen) atoms. The van der Waals surface area contributed by atoms with E-state index in [9.17, 15) is 9.59 Å². The van der Waals surface area contributed by atoms with Crippen LogP contribution in [0.2, 0.25) is 0 Å². The highest BCUT2D eigenvalue weighted by Gasteiger charge is 2.20. The van der Waals surface area contributed by atoms with Gasteiger partial charge in [0.05, 0.1) is 24.7 Å². The lowest BCUT2D eigenvalue weighted by Gasteiger charge is -2.09. The predicted octanol–water partition coefficient (Wildman–Crippen LogP) is 1.21. The van der Waals surface area contributed by atoms with Crippen molar-refractivity contribution in [2.24, 2.45) is 5.92 Å². The number of benzene rings is 1. The predicted molar refractivity (Wildman–Crippen MR) is 69.9 cm³/mol. The van der Waals surface area contributed by atoms with Gasteiger partial charge < -0.3 is 10.2 Å². The number of aliphatic carboxylic acids is 2. The van der Waals surface area contributed by atoms with Crippen molar-refractivity contribution in [1.29, 1.82) is 0 Å². The molecule has 0 radical (unpaired) electrons. The monoisotopic (exact) mass is 277 g/mol. The number of rotatable bonds is 5. The molecule has 1 atom stereocenters. The van der Waals surface area contributed by atoms with E-state index >= 15 is 0 Å². The number of hydrogen-bond donors (Lipinski definition) is 3. The van der Waals surface area contributed by atoms with Crippen molar-refractivity contribution < 1.29 is 19.8 Å². The molecule has 0 aliphatic heterocycles. The largest absolute Gasteiger partial charge is 0.481 e. The average molecular weight is 277 g/mol. The molecule has 0 saturated carbocycles. The summed E-state index contributed by atoms with van der Waals surface area (Å²) in [6, 6.07) is 9.01. The summed E-state index contributed by atoms with van der Waals surface area (Å²) in [5.74, 6) is -3.01. The third kappa shape index (κ3) is 6.29. The maximum absolute atomic E-state index is 10.8. The Morgan fingerprint density at radius 3 is 2.10 bits per heavy atom. The average Bonchev–Trinajstić information content (AvgIpc) is 2.97. The van der Waals surface area contributed by atoms with Crippen LogP contribution in [0.4, 0.5) is 0 Å². The summed E-state index contributed by atoms with van der Waals surface area (Å²) >= 11 is 0. The molecular weight excluding hydrogens is 262 g/mol. The molecule has 106 valence electrons. The molecule has 0 saturated heterocycles. The van der Waals surface area contributed by atoms with Crippen LogP contribution in [0.1, 0.15) is 12.0 Å². The summed E-state index contributed by atoms with van der Waals surface area (Å²) < 4.78 is 0. The molecule has 1 unspecified atom stereocenters. The molecule has 2 rings (SSSR count). The molecule has 3 N–H and O–H groups in total. The maximum atomic E-state index is 10.8. The van der Waals surface area contributed by atoms with E-state index in [1.807, 2.05) is 6.07 Å². The standard InChI is InChI=1S/C11H12O4.C2H3N3/c12-10(13)7-9(11(14)15)6-8-4-2-1-3-5-8;1-2-4-5-3-1/h1-5,9H,6-7H2,(H,12,13)(H,14,15);1-2H,(H,3,4,5). The number of carboxylic acid groups (broad SMARTS) is 2. The van der Waals surface area contributed by atoms with E-state index in [1.165, 1.54) is 0 Å². The zero-order valence-electron chi connectivity index (χ0n) is 10.6. The minimum absolute atomic E-state index is 0.252. The number of aromatic nitrogens is 3. The number of nitrogens with zero attached hydrogens (tertiary/aromatic N) is 2. The zero-order valence-corrected chi connectivity index (χ0v) is 10.6. The highest BCUT2D eigenvalue weighted by Crippen LogP contribution is 2.12. The van der Waals surface area contributed by atoms with Crippen LogP contribution < -0.4 is 0 Å². The molecule has 0 aliphatic carbocycles. The van der Waals surface area contributed by atoms with Crippen LogP contribution in [0.25, 0.3) is 0 Å². The second-order valence-corrected chi connectivity index (χ2v) is 3.98. The van der Waals surface area contributed by atoms with Gasteiger partial charge in [0.1, 0.15) is 0 Å². The van der Waals surface area contributed by atoms with E-state index in [0.717, 1.165) is 5.56 Å². The van der Waals surface area contributed by atoms with Crippen molar-refractivity contribution in [3.05, 3.63) is 48.3 Å². The van der Waals surface area contributed by atoms with Gasteiger partial charge in [-0.05, 0) is 12.0 Å². The second-order valence-electron chi connectivity index (χ2n) is 3.98. The van der Waals surface area contributed by atoms with Crippen LogP contribution in [0.3, 0.4) is 0 Å². The Morgan fingerprint density at radius 1 is 1.10 bits per heavy atom. The van der Waals surface area contributed by atoms with Gasteiger partial charge in [0.15, 0.2) is 0 Å². The first-order valence-corrected chi connectivity index (χ1v) is 5.88. The normalized spacial score (nSPS) is 11.0. The summed E-state index contributed by atoms with van der Waals surface area (Å²) in [4.78, 5) is 21.2. The van der Waals surface area contributed by atoms with Crippen LogP contribution in [-0.4, -0.2) is 37.6 Å². The van der Waals surface area contributed by atoms with Crippen molar-refractivity contribution >= 4 is 11.9 Å². The molecule has 7 nitrogen and oxygen atoms in total. The van der Waals surface area contributed by atoms with Crippen LogP contribution in [-0.2, 0) is 16.0 Å². The Hall–Kier alpha value is -2.70. The lowest BCUT2D eigenvalue weighted by Crippen LogP contribution is -2.20. The molecule has 1 aromatic heterocycles. The number of nitrogens with one attached hydrogen (secondary N) is 1. The van der Waals surface area contributed by atoms with Crippen LogP contribution in [0.5, 0.6) is 0 Å². The van der Waals surface area contributed by atoms with E-state index in [2.05, 4.69) is 15.4 Å². The van der Waals surface area contributed by atoms with Crippen molar-refractivity contribution in [2.75, 3.05) is 0 Å². The van der Waals surface area contributed by atoms with Gasteiger partial charge in [0.25, 0.3) is 0 Å². The fourth-order valence-corrected chi connectivity index (χ4v) is 1.52. The van der Waals surface area contributed by atoms with Crippen molar-refractivity contribution in [3.8, 4) is 0 Å². The number of carbonyl (C=O) groups is 2. The minimum atomic E-state index is -1.08. The van der Waals surface area contributed by atoms with E-state index in [0.29, 0.717) is 0 Å². The van der Waals surface area contributed by atoms with Gasteiger partial charge in [-0.3, -0.25) is 9.59 Å². The van der Waals surface area contributed by atoms with E-state index in [4.69, 9.17) is 10.2 Å². The van der Waals surface area contributed by atoms with Gasteiger partial charge in [-0.15, -0.1) is 0 Å². The smallest absolute Gasteiger partial charge is 0.307 e. The Morgan fingerprint density at radius 2 is 1.70 bits per heavy atom. The first kappa shape index (κ1) is 15.4. The van der Waals surface area contributed by atoms with Gasteiger partial charge in [-0.25, -0.2) is 0 Å². The number of carboxylic acids is 2. The minimum Gasteiger partial charge on any atom is -0.481 e. The van der Waals surface area contributed by atoms with Gasteiger partial charge >= 0.3 is 11.9 Å². The van der Waals surface area contributed by atoms with Gasteiger partial charge in [-0.1, -0.05) is 30.3 Å². The van der Waals surface area contributed by atoms with Gasteiger partial charge in [-0.2, -0.15) is 15.4 Å². The first-order chi connectivity index (χ1) is 9.59. The molecule has 2 aromatic rings. The summed E-state index contributed by atoms with van der Waals surface area (Å²) in [5, 5.41) is 26.7. The highest BCUT2D eigenvalue weighted by atomic mass is 16.4. The van der Waals surface area contributed by atoms with Crippen molar-refractivity contribution in [2.45, 2.75) is 12.8 Å². The van der Waals surface area contributed by atoms with Gasteiger partial charge in [0, 0.05) is 0 Å². The maximum Gasteiger partial charge on any atom is 0.307 e. The second kappa shape index (κ2) is 8.41. The third-order valence-corrected chi connectivity index (χ3v) is 2.43. The quantitative estimate of drug-likeness (QED) is 0.756. The third-order valence-electron chi connectivity index (χ3n) is 2.43. The van der Waals surface area contributed by atoms with Crippen molar-refractivity contribution in [3.63, 3.8) is 0 Å². The molecular formula is C13H15N3O4. The molecule has 0 amide bonds. The summed E-state index contributed by atoms with van der Waals surface area (Å²) in [7, 11) is 0. The molecule has 0 bridgehead atoms. The number of H-pyrrole nitrogens is 1. The first-order valence-electron chi connectivity index (χ1n) is 5.88. The fourth-order valence-electron chi connectivity index (χ4n) is 1.52. The molecule has 0 fully saturated rings. The Balaban J connectivity index is 0.000000333. The highest BCUT2D eigenvalue weighted by molar-refractivity contribution is 5.77. The molecule has 7 heteroatoms. The lowest BCUT2D eigenvalue weighted by atomic mass is 9.96. The number of hydrogen-bond acceptors (Lipinski definition) is 4. The van der Waals surface area contributed by atoms with Crippen molar-refractivity contribution in [1.82, 2.24) is 15.4 Å². The molecule has 0 spiro atoms. The summed E-state index contributed by atoms with van der Waals surface area (Å²) in [6.45, 7) is 0. The Kier molecular flexibility index (Phi) is 6.46. The Labute approximate surface area is 115 Å². The van der Waals surface area contributed by atoms with E-state index in [1.54, 1.807) is 36.7 Å². The summed E-state index contributed by atoms with van der Waals surface area (Å²) in [5.41, 5.74) is 0.839. The van der Waals surface area contributed by atoms with Gasteiger partial charge in [0.2, 0.25) is 0 Å². The summed E-state index contributed by atoms with van der Waals surface area (Å²) in [6.07, 6.45) is 3.08. The van der Waals surface area contributed by atoms with E-state index in [-0.39, 0.29) is 12.8 Å². The zero-order chi connectivity index (χ0) is 14.8. The van der Waals surface area contributed by atoms with Crippen LogP contribution >= 0.6 is 0 Å². The lowest BCUT2D eigenvalue weighted by molar-refractivity contribution is -0.148. The van der Waals surface area contributed by atoms with Crippen LogP contribution in [0.15, 0.2) is 42.7 Å². The topological polar surface area (TPSA) is 116 Å². The molecule has 1 heterocycles. The SMILES string of the molecule is O=C(O)CC(Cc1ccccc1)C(=O)O.c1cn[nH]n1. The molecule has 0 aliphatic rings. The Bertz CT molecular complexity index is 496. The molecule has 1 aromatic carbocycles.